The Kier molecular flexibility index (Phi) is 7.18. The highest BCUT2D eigenvalue weighted by Gasteiger charge is 2.60. The molecule has 3 N–H and O–H groups in total. The number of benzene rings is 2. The molecule has 0 spiro atoms. The molecule has 2 aromatic carbocycles. The third-order valence-corrected chi connectivity index (χ3v) is 8.63. The first-order chi connectivity index (χ1) is 17.8. The van der Waals surface area contributed by atoms with Crippen LogP contribution in [-0.4, -0.2) is 68.5 Å². The number of Topliss-reactive ketones (excluding diaryl/α,β-unsaturated/α-hetero) is 1. The van der Waals surface area contributed by atoms with E-state index in [4.69, 9.17) is 0 Å². The number of carbonyl (C=O) groups excluding carboxylic acids is 2. The lowest BCUT2D eigenvalue weighted by Crippen LogP contribution is -2.53. The summed E-state index contributed by atoms with van der Waals surface area (Å²) in [6, 6.07) is 12.5. The zero-order valence-corrected chi connectivity index (χ0v) is 22.9. The van der Waals surface area contributed by atoms with E-state index in [1.54, 1.807) is 23.1 Å². The number of phenolic OH excluding ortho intramolecular Hbond substituents is 1. The molecule has 8 heteroatoms. The van der Waals surface area contributed by atoms with Crippen LogP contribution in [-0.2, 0) is 16.0 Å². The van der Waals surface area contributed by atoms with E-state index in [2.05, 4.69) is 38.8 Å². The van der Waals surface area contributed by atoms with Gasteiger partial charge in [0.2, 0.25) is 5.91 Å². The number of likely N-dealkylation sites (N-methyl/N-ethyl adjacent to an activating group) is 1. The van der Waals surface area contributed by atoms with Crippen molar-refractivity contribution < 1.29 is 19.8 Å². The molecule has 3 aromatic rings. The average Bonchev–Trinajstić information content (AvgIpc) is 3.31. The predicted molar refractivity (Wildman–Crippen MR) is 146 cm³/mol. The molecule has 3 heterocycles. The lowest BCUT2D eigenvalue weighted by atomic mass is 9.79. The van der Waals surface area contributed by atoms with Gasteiger partial charge in [-0.05, 0) is 74.3 Å². The number of aliphatic hydroxyl groups excluding tert-OH is 1. The van der Waals surface area contributed by atoms with Gasteiger partial charge in [-0.2, -0.15) is 0 Å². The van der Waals surface area contributed by atoms with Gasteiger partial charge in [-0.25, -0.2) is 0 Å². The first-order valence-corrected chi connectivity index (χ1v) is 13.9. The van der Waals surface area contributed by atoms with E-state index in [9.17, 15) is 19.8 Å². The van der Waals surface area contributed by atoms with E-state index < -0.39 is 17.5 Å². The third kappa shape index (κ3) is 4.49. The number of phenols is 1. The molecule has 1 aromatic heterocycles. The molecule has 2 aliphatic rings. The Morgan fingerprint density at radius 2 is 1.97 bits per heavy atom. The van der Waals surface area contributed by atoms with E-state index in [0.29, 0.717) is 19.4 Å². The zero-order chi connectivity index (χ0) is 26.3. The largest absolute Gasteiger partial charge is 0.508 e. The van der Waals surface area contributed by atoms with Crippen LogP contribution >= 0.6 is 15.9 Å². The van der Waals surface area contributed by atoms with Crippen molar-refractivity contribution in [1.82, 2.24) is 14.8 Å². The van der Waals surface area contributed by atoms with Gasteiger partial charge in [0.25, 0.3) is 0 Å². The van der Waals surface area contributed by atoms with Crippen molar-refractivity contribution in [2.24, 2.45) is 5.92 Å². The van der Waals surface area contributed by atoms with Gasteiger partial charge < -0.3 is 25.0 Å². The van der Waals surface area contributed by atoms with Crippen molar-refractivity contribution in [3.63, 3.8) is 0 Å². The molecule has 1 saturated heterocycles. The Labute approximate surface area is 225 Å². The van der Waals surface area contributed by atoms with Gasteiger partial charge in [0.15, 0.2) is 5.78 Å². The van der Waals surface area contributed by atoms with Gasteiger partial charge in [-0.15, -0.1) is 0 Å². The second-order valence-electron chi connectivity index (χ2n) is 10.4. The number of carbonyl (C=O) groups is 2. The molecule has 0 saturated carbocycles. The maximum atomic E-state index is 14.0. The van der Waals surface area contributed by atoms with Crippen LogP contribution in [0.3, 0.4) is 0 Å². The van der Waals surface area contributed by atoms with Crippen LogP contribution in [0, 0.1) is 5.92 Å². The van der Waals surface area contributed by atoms with Gasteiger partial charge in [0.05, 0.1) is 18.6 Å². The summed E-state index contributed by atoms with van der Waals surface area (Å²) in [5.41, 5.74) is 2.73. The number of fused-ring (bicyclic) bond motifs is 4. The number of aromatic amines is 1. The fourth-order valence-corrected chi connectivity index (χ4v) is 6.62. The van der Waals surface area contributed by atoms with E-state index in [1.807, 2.05) is 25.1 Å². The van der Waals surface area contributed by atoms with Crippen LogP contribution in [0.25, 0.3) is 10.9 Å². The molecule has 1 amide bonds. The minimum Gasteiger partial charge on any atom is -0.508 e. The maximum Gasteiger partial charge on any atom is 0.234 e. The number of amides is 1. The number of nitrogens with one attached hydrogen (secondary N) is 1. The second-order valence-corrected chi connectivity index (χ2v) is 11.3. The highest BCUT2D eigenvalue weighted by Crippen LogP contribution is 2.50. The minimum absolute atomic E-state index is 0.0136. The summed E-state index contributed by atoms with van der Waals surface area (Å²) in [7, 11) is 0. The smallest absolute Gasteiger partial charge is 0.234 e. The number of rotatable bonds is 9. The topological polar surface area (TPSA) is 96.9 Å². The Morgan fingerprint density at radius 1 is 1.16 bits per heavy atom. The number of nitrogens with zero attached hydrogens (tertiary/aromatic N) is 2. The zero-order valence-electron chi connectivity index (χ0n) is 21.3. The summed E-state index contributed by atoms with van der Waals surface area (Å²) < 4.78 is 0.956. The van der Waals surface area contributed by atoms with Crippen molar-refractivity contribution in [2.75, 3.05) is 26.2 Å². The summed E-state index contributed by atoms with van der Waals surface area (Å²) in [4.78, 5) is 35.4. The first-order valence-electron chi connectivity index (χ1n) is 13.1. The normalized spacial score (nSPS) is 23.2. The van der Waals surface area contributed by atoms with Gasteiger partial charge in [0.1, 0.15) is 11.3 Å². The molecule has 0 radical (unpaired) electrons. The lowest BCUT2D eigenvalue weighted by Gasteiger charge is -2.44. The number of aliphatic hydroxyl groups is 1. The summed E-state index contributed by atoms with van der Waals surface area (Å²) >= 11 is 3.58. The minimum atomic E-state index is -0.964. The highest BCUT2D eigenvalue weighted by atomic mass is 79.9. The standard InChI is InChI=1S/C29H34BrN3O4/c1-3-32(13-14-34)12-5-4-9-21-27(36)29(2)17-23-22-16-19(30)10-11-24(22)31-25(23)26(33(29)28(21)37)18-7-6-8-20(35)15-18/h6-8,10-11,15-16,21,26,31,34-35H,3-5,9,12-14,17H2,1-2H3/t21?,26-,29+/m1/s1. The van der Waals surface area contributed by atoms with E-state index >= 15 is 0 Å². The number of ketones is 1. The molecule has 37 heavy (non-hydrogen) atoms. The molecule has 1 fully saturated rings. The van der Waals surface area contributed by atoms with Crippen LogP contribution in [0.2, 0.25) is 0 Å². The fourth-order valence-electron chi connectivity index (χ4n) is 6.26. The molecule has 0 aliphatic carbocycles. The summed E-state index contributed by atoms with van der Waals surface area (Å²) in [5, 5.41) is 20.6. The average molecular weight is 569 g/mol. The quantitative estimate of drug-likeness (QED) is 0.260. The third-order valence-electron chi connectivity index (χ3n) is 8.13. The SMILES string of the molecule is CCN(CCO)CCCCC1C(=O)N2[C@H](c3cccc(O)c3)c3[nH]c4ccc(Br)cc4c3C[C@@]2(C)C1=O. The maximum absolute atomic E-state index is 14.0. The monoisotopic (exact) mass is 567 g/mol. The highest BCUT2D eigenvalue weighted by molar-refractivity contribution is 9.10. The van der Waals surface area contributed by atoms with Gasteiger partial charge in [-0.1, -0.05) is 41.4 Å². The van der Waals surface area contributed by atoms with E-state index in [0.717, 1.165) is 58.1 Å². The number of hydrogen-bond acceptors (Lipinski definition) is 5. The molecular weight excluding hydrogens is 534 g/mol. The van der Waals surface area contributed by atoms with Crippen molar-refractivity contribution in [3.8, 4) is 5.75 Å². The summed E-state index contributed by atoms with van der Waals surface area (Å²) in [5.74, 6) is -0.683. The van der Waals surface area contributed by atoms with E-state index in [-0.39, 0.29) is 24.0 Å². The van der Waals surface area contributed by atoms with Crippen LogP contribution in [0.4, 0.5) is 0 Å². The number of aromatic hydroxyl groups is 1. The summed E-state index contributed by atoms with van der Waals surface area (Å²) in [6.07, 6.45) is 2.62. The number of H-pyrrole nitrogens is 1. The molecule has 2 aliphatic heterocycles. The molecular formula is C29H34BrN3O4. The van der Waals surface area contributed by atoms with Crippen LogP contribution < -0.4 is 0 Å². The fraction of sp³-hybridized carbons (Fsp3) is 0.448. The van der Waals surface area contributed by atoms with Crippen LogP contribution in [0.1, 0.15) is 56.0 Å². The number of hydrogen-bond donors (Lipinski definition) is 3. The van der Waals surface area contributed by atoms with E-state index in [1.165, 1.54) is 0 Å². The molecule has 3 atom stereocenters. The van der Waals surface area contributed by atoms with Crippen molar-refractivity contribution in [1.29, 1.82) is 0 Å². The lowest BCUT2D eigenvalue weighted by molar-refractivity contribution is -0.136. The molecule has 196 valence electrons. The Bertz CT molecular complexity index is 1340. The molecule has 7 nitrogen and oxygen atoms in total. The molecule has 1 unspecified atom stereocenters. The Hall–Kier alpha value is -2.68. The number of aromatic nitrogens is 1. The van der Waals surface area contributed by atoms with Crippen molar-refractivity contribution >= 4 is 38.5 Å². The molecule has 5 rings (SSSR count). The molecule has 0 bridgehead atoms. The van der Waals surface area contributed by atoms with Gasteiger partial charge >= 0.3 is 0 Å². The van der Waals surface area contributed by atoms with Crippen LogP contribution in [0.15, 0.2) is 46.9 Å². The van der Waals surface area contributed by atoms with Crippen molar-refractivity contribution in [2.45, 2.75) is 51.1 Å². The number of unbranched alkanes of at least 4 members (excludes halogenated alkanes) is 1. The Morgan fingerprint density at radius 3 is 2.70 bits per heavy atom. The Balaban J connectivity index is 1.50. The van der Waals surface area contributed by atoms with Crippen LogP contribution in [0.5, 0.6) is 5.75 Å². The second kappa shape index (κ2) is 10.2. The summed E-state index contributed by atoms with van der Waals surface area (Å²) in [6.45, 7) is 6.44. The number of halogens is 1. The van der Waals surface area contributed by atoms with Crippen molar-refractivity contribution in [3.05, 3.63) is 63.8 Å². The first kappa shape index (κ1) is 25.9. The van der Waals surface area contributed by atoms with Gasteiger partial charge in [0, 0.05) is 34.0 Å². The predicted octanol–water partition coefficient (Wildman–Crippen LogP) is 4.55. The van der Waals surface area contributed by atoms with Gasteiger partial charge in [-0.3, -0.25) is 9.59 Å².